The molecule has 0 amide bonds. The van der Waals surface area contributed by atoms with Gasteiger partial charge in [0.05, 0.1) is 5.69 Å². The van der Waals surface area contributed by atoms with Crippen LogP contribution in [0.5, 0.6) is 5.88 Å². The summed E-state index contributed by atoms with van der Waals surface area (Å²) in [4.78, 5) is 12.4. The molecule has 8 heteroatoms. The summed E-state index contributed by atoms with van der Waals surface area (Å²) in [6.07, 6.45) is 3.85. The molecule has 4 heterocycles. The van der Waals surface area contributed by atoms with Crippen molar-refractivity contribution in [1.82, 2.24) is 14.9 Å². The van der Waals surface area contributed by atoms with Gasteiger partial charge in [0.25, 0.3) is 0 Å². The van der Waals surface area contributed by atoms with Gasteiger partial charge in [0.2, 0.25) is 0 Å². The van der Waals surface area contributed by atoms with Gasteiger partial charge >= 0.3 is 0 Å². The first-order valence-electron chi connectivity index (χ1n) is 11.2. The van der Waals surface area contributed by atoms with Crippen LogP contribution < -0.4 is 15.3 Å². The molecule has 4 aromatic rings. The molecule has 0 bridgehead atoms. The summed E-state index contributed by atoms with van der Waals surface area (Å²) < 4.78 is 0.961. The van der Waals surface area contributed by atoms with Crippen LogP contribution in [0.25, 0.3) is 22.7 Å². The van der Waals surface area contributed by atoms with Crippen LogP contribution >= 0.6 is 15.9 Å². The summed E-state index contributed by atoms with van der Waals surface area (Å²) in [5.74, 6) is 1.15. The Morgan fingerprint density at radius 1 is 1.00 bits per heavy atom. The molecule has 0 spiro atoms. The minimum Gasteiger partial charge on any atom is -0.494 e. The standard InChI is InChI=1S/C26H23BrN6O/c1-32-8-10-33(11-9-32)24-7-3-17(15-28-24)25-19-5-2-16(13-23(19)30-31-25)12-21-20-14-18(27)4-6-22(20)29-26(21)34/h2-7,12-15,29,34H,8-11H2,1H3/b16-12-. The van der Waals surface area contributed by atoms with Crippen molar-refractivity contribution in [3.63, 3.8) is 0 Å². The third-order valence-corrected chi connectivity index (χ3v) is 6.97. The predicted octanol–water partition coefficient (Wildman–Crippen LogP) is 3.87. The number of hydrogen-bond acceptors (Lipinski definition) is 6. The number of hydrogen-bond donors (Lipinski definition) is 2. The molecule has 0 saturated carbocycles. The first-order chi connectivity index (χ1) is 16.5. The Morgan fingerprint density at radius 3 is 2.65 bits per heavy atom. The van der Waals surface area contributed by atoms with Crippen LogP contribution in [0.4, 0.5) is 11.5 Å². The minimum atomic E-state index is 0.147. The lowest BCUT2D eigenvalue weighted by molar-refractivity contribution is 0.312. The van der Waals surface area contributed by atoms with Gasteiger partial charge in [0.1, 0.15) is 11.5 Å². The number of benzene rings is 2. The maximum absolute atomic E-state index is 10.4. The molecule has 2 aliphatic heterocycles. The number of H-pyrrole nitrogens is 1. The third kappa shape index (κ3) is 3.78. The molecule has 0 radical (unpaired) electrons. The van der Waals surface area contributed by atoms with Gasteiger partial charge in [-0.3, -0.25) is 0 Å². The van der Waals surface area contributed by atoms with Crippen LogP contribution in [0.2, 0.25) is 0 Å². The van der Waals surface area contributed by atoms with Crippen molar-refractivity contribution >= 4 is 50.1 Å². The van der Waals surface area contributed by atoms with Crippen molar-refractivity contribution in [1.29, 1.82) is 0 Å². The van der Waals surface area contributed by atoms with Gasteiger partial charge in [-0.15, -0.1) is 10.2 Å². The Morgan fingerprint density at radius 2 is 1.85 bits per heavy atom. The van der Waals surface area contributed by atoms with E-state index in [4.69, 9.17) is 4.98 Å². The summed E-state index contributed by atoms with van der Waals surface area (Å²) in [5, 5.41) is 22.2. The van der Waals surface area contributed by atoms with E-state index in [1.54, 1.807) is 0 Å². The van der Waals surface area contributed by atoms with Gasteiger partial charge in [-0.25, -0.2) is 4.98 Å². The molecule has 2 aromatic carbocycles. The molecule has 1 fully saturated rings. The molecule has 2 N–H and O–H groups in total. The number of halogens is 1. The molecule has 6 rings (SSSR count). The lowest BCUT2D eigenvalue weighted by Crippen LogP contribution is -2.44. The molecule has 170 valence electrons. The number of nitrogens with one attached hydrogen (secondary N) is 1. The number of aromatic amines is 1. The number of anilines is 1. The van der Waals surface area contributed by atoms with Gasteiger partial charge in [-0.1, -0.05) is 22.0 Å². The molecule has 34 heavy (non-hydrogen) atoms. The molecule has 0 unspecified atom stereocenters. The molecule has 0 atom stereocenters. The fourth-order valence-electron chi connectivity index (χ4n) is 4.52. The van der Waals surface area contributed by atoms with E-state index < -0.39 is 0 Å². The van der Waals surface area contributed by atoms with Crippen molar-refractivity contribution in [2.75, 3.05) is 38.1 Å². The quantitative estimate of drug-likeness (QED) is 0.435. The van der Waals surface area contributed by atoms with Crippen LogP contribution in [0, 0.1) is 0 Å². The zero-order valence-electron chi connectivity index (χ0n) is 18.7. The number of pyridine rings is 1. The number of likely N-dealkylation sites (N-methyl/N-ethyl adjacent to an activating group) is 1. The Labute approximate surface area is 204 Å². The number of piperazine rings is 1. The maximum atomic E-state index is 10.4. The van der Waals surface area contributed by atoms with E-state index in [1.165, 1.54) is 0 Å². The van der Waals surface area contributed by atoms with E-state index in [9.17, 15) is 5.11 Å². The average Bonchev–Trinajstić information content (AvgIpc) is 3.40. The maximum Gasteiger partial charge on any atom is 0.196 e. The van der Waals surface area contributed by atoms with Crippen molar-refractivity contribution in [3.8, 4) is 5.88 Å². The second kappa shape index (κ2) is 8.38. The SMILES string of the molecule is CN1CCN(c2ccc(C3=c4cc/c(=C/c5c(O)[nH]c6ccc(Br)cc56)cc4N=N3)cn2)CC1. The van der Waals surface area contributed by atoms with Crippen molar-refractivity contribution < 1.29 is 5.11 Å². The largest absolute Gasteiger partial charge is 0.494 e. The van der Waals surface area contributed by atoms with Crippen LogP contribution in [0.15, 0.2) is 69.4 Å². The van der Waals surface area contributed by atoms with Gasteiger partial charge in [-0.2, -0.15) is 0 Å². The Balaban J connectivity index is 1.34. The van der Waals surface area contributed by atoms with Crippen LogP contribution in [-0.4, -0.2) is 53.2 Å². The number of aromatic nitrogens is 2. The molecule has 7 nitrogen and oxygen atoms in total. The van der Waals surface area contributed by atoms with Crippen molar-refractivity contribution in [3.05, 3.63) is 80.8 Å². The fourth-order valence-corrected chi connectivity index (χ4v) is 4.89. The molecular formula is C26H23BrN6O. The van der Waals surface area contributed by atoms with Gasteiger partial charge in [0, 0.05) is 64.1 Å². The zero-order valence-corrected chi connectivity index (χ0v) is 20.2. The zero-order chi connectivity index (χ0) is 23.2. The first-order valence-corrected chi connectivity index (χ1v) is 12.0. The normalized spacial score (nSPS) is 16.6. The van der Waals surface area contributed by atoms with Crippen molar-refractivity contribution in [2.24, 2.45) is 10.2 Å². The highest BCUT2D eigenvalue weighted by Gasteiger charge is 2.17. The number of azo groups is 1. The Kier molecular flexibility index (Phi) is 5.19. The highest BCUT2D eigenvalue weighted by molar-refractivity contribution is 9.10. The van der Waals surface area contributed by atoms with E-state index in [-0.39, 0.29) is 5.88 Å². The summed E-state index contributed by atoms with van der Waals surface area (Å²) in [7, 11) is 2.15. The lowest BCUT2D eigenvalue weighted by atomic mass is 10.1. The van der Waals surface area contributed by atoms with E-state index in [2.05, 4.69) is 60.1 Å². The monoisotopic (exact) mass is 514 g/mol. The number of rotatable bonds is 3. The average molecular weight is 515 g/mol. The second-order valence-electron chi connectivity index (χ2n) is 8.74. The van der Waals surface area contributed by atoms with E-state index in [0.29, 0.717) is 0 Å². The number of fused-ring (bicyclic) bond motifs is 2. The Bertz CT molecular complexity index is 1550. The van der Waals surface area contributed by atoms with E-state index in [0.717, 1.165) is 80.3 Å². The molecular weight excluding hydrogens is 492 g/mol. The molecule has 0 aliphatic carbocycles. The third-order valence-electron chi connectivity index (χ3n) is 6.47. The highest BCUT2D eigenvalue weighted by atomic mass is 79.9. The van der Waals surface area contributed by atoms with Crippen LogP contribution in [0.3, 0.4) is 0 Å². The van der Waals surface area contributed by atoms with Crippen LogP contribution in [-0.2, 0) is 0 Å². The predicted molar refractivity (Wildman–Crippen MR) is 138 cm³/mol. The van der Waals surface area contributed by atoms with Gasteiger partial charge in [0.15, 0.2) is 5.88 Å². The molecule has 2 aliphatic rings. The fraction of sp³-hybridized carbons (Fsp3) is 0.192. The number of aromatic hydroxyl groups is 1. The summed E-state index contributed by atoms with van der Waals surface area (Å²) in [6.45, 7) is 4.08. The highest BCUT2D eigenvalue weighted by Crippen LogP contribution is 2.30. The topological polar surface area (TPSA) is 80.1 Å². The Hall–Kier alpha value is -3.49. The second-order valence-corrected chi connectivity index (χ2v) is 9.66. The molecule has 2 aromatic heterocycles. The van der Waals surface area contributed by atoms with Gasteiger partial charge < -0.3 is 19.9 Å². The molecule has 1 saturated heterocycles. The lowest BCUT2D eigenvalue weighted by Gasteiger charge is -2.33. The summed E-state index contributed by atoms with van der Waals surface area (Å²) in [5.41, 5.74) is 4.23. The summed E-state index contributed by atoms with van der Waals surface area (Å²) >= 11 is 3.51. The van der Waals surface area contributed by atoms with E-state index in [1.807, 2.05) is 48.7 Å². The minimum absolute atomic E-state index is 0.147. The number of nitrogens with zero attached hydrogens (tertiary/aromatic N) is 5. The van der Waals surface area contributed by atoms with Crippen molar-refractivity contribution in [2.45, 2.75) is 0 Å². The van der Waals surface area contributed by atoms with Crippen LogP contribution in [0.1, 0.15) is 11.1 Å². The first kappa shape index (κ1) is 21.1. The van der Waals surface area contributed by atoms with E-state index >= 15 is 0 Å². The smallest absolute Gasteiger partial charge is 0.196 e. The van der Waals surface area contributed by atoms with Gasteiger partial charge in [-0.05, 0) is 60.8 Å². The summed E-state index contributed by atoms with van der Waals surface area (Å²) in [6, 6.07) is 16.1.